The monoisotopic (exact) mass is 455 g/mol. The van der Waals surface area contributed by atoms with Crippen LogP contribution in [0.25, 0.3) is 22.2 Å². The summed E-state index contributed by atoms with van der Waals surface area (Å²) >= 11 is 0. The van der Waals surface area contributed by atoms with Crippen molar-refractivity contribution in [3.8, 4) is 16.9 Å². The Hall–Kier alpha value is -2.87. The number of benzene rings is 1. The van der Waals surface area contributed by atoms with Gasteiger partial charge in [-0.15, -0.1) is 0 Å². The van der Waals surface area contributed by atoms with Crippen LogP contribution in [0, 0.1) is 5.92 Å². The normalized spacial score (nSPS) is 21.0. The molecule has 2 aromatic heterocycles. The number of hydrogen-bond acceptors (Lipinski definition) is 6. The molecule has 0 spiro atoms. The quantitative estimate of drug-likeness (QED) is 0.463. The Morgan fingerprint density at radius 2 is 2.06 bits per heavy atom. The largest absolute Gasteiger partial charge is 0.481 e. The Morgan fingerprint density at radius 3 is 2.78 bits per heavy atom. The van der Waals surface area contributed by atoms with Gasteiger partial charge in [-0.2, -0.15) is 0 Å². The third-order valence-electron chi connectivity index (χ3n) is 6.19. The minimum atomic E-state index is -4.26. The molecule has 0 atom stereocenters. The average Bonchev–Trinajstić information content (AvgIpc) is 3.07. The van der Waals surface area contributed by atoms with E-state index in [4.69, 9.17) is 20.3 Å². The Balaban J connectivity index is 1.42. The smallest absolute Gasteiger partial charge is 0.362 e. The summed E-state index contributed by atoms with van der Waals surface area (Å²) in [6.45, 7) is 2.32. The van der Waals surface area contributed by atoms with Crippen molar-refractivity contribution in [1.82, 2.24) is 19.4 Å². The van der Waals surface area contributed by atoms with Crippen molar-refractivity contribution in [3.05, 3.63) is 49.1 Å². The van der Waals surface area contributed by atoms with Gasteiger partial charge >= 0.3 is 7.60 Å². The number of aromatic nitrogens is 3. The number of fused-ring (bicyclic) bond motifs is 1. The number of rotatable bonds is 7. The molecule has 3 heterocycles. The van der Waals surface area contributed by atoms with Gasteiger partial charge in [0.2, 0.25) is 0 Å². The predicted molar refractivity (Wildman–Crippen MR) is 122 cm³/mol. The van der Waals surface area contributed by atoms with Gasteiger partial charge in [0.1, 0.15) is 23.5 Å². The van der Waals surface area contributed by atoms with Crippen LogP contribution in [-0.2, 0) is 4.57 Å². The number of nitrogens with zero attached hydrogens (tertiary/aromatic N) is 4. The molecule has 32 heavy (non-hydrogen) atoms. The topological polar surface area (TPSA) is 127 Å². The van der Waals surface area contributed by atoms with Crippen LogP contribution < -0.4 is 10.5 Å². The van der Waals surface area contributed by atoms with Crippen LogP contribution in [-0.4, -0.2) is 48.7 Å². The first kappa shape index (κ1) is 21.0. The molecule has 1 saturated heterocycles. The van der Waals surface area contributed by atoms with Gasteiger partial charge < -0.3 is 29.7 Å². The second kappa shape index (κ2) is 8.24. The highest BCUT2D eigenvalue weighted by atomic mass is 31.2. The number of allylic oxidation sites excluding steroid dienone is 1. The molecule has 168 valence electrons. The lowest BCUT2D eigenvalue weighted by atomic mass is 9.80. The summed E-state index contributed by atoms with van der Waals surface area (Å²) in [6, 6.07) is 7.45. The van der Waals surface area contributed by atoms with Gasteiger partial charge in [-0.1, -0.05) is 18.2 Å². The zero-order valence-corrected chi connectivity index (χ0v) is 18.4. The molecular formula is C22H26N5O4P. The van der Waals surface area contributed by atoms with Gasteiger partial charge in [0.05, 0.1) is 5.39 Å². The molecule has 3 aromatic rings. The molecular weight excluding hydrogens is 429 g/mol. The summed E-state index contributed by atoms with van der Waals surface area (Å²) in [7, 11) is -4.26. The van der Waals surface area contributed by atoms with Crippen LogP contribution in [0.2, 0.25) is 0 Å². The van der Waals surface area contributed by atoms with E-state index in [2.05, 4.69) is 37.9 Å². The van der Waals surface area contributed by atoms with E-state index >= 15 is 0 Å². The summed E-state index contributed by atoms with van der Waals surface area (Å²) in [5, 5.41) is 0.777. The highest BCUT2D eigenvalue weighted by Gasteiger charge is 2.31. The molecule has 2 fully saturated rings. The first-order valence-electron chi connectivity index (χ1n) is 10.7. The van der Waals surface area contributed by atoms with Crippen molar-refractivity contribution >= 4 is 24.4 Å². The zero-order valence-electron chi connectivity index (χ0n) is 17.5. The third kappa shape index (κ3) is 4.24. The number of ether oxygens (including phenoxy) is 1. The second-order valence-electron chi connectivity index (χ2n) is 8.49. The molecule has 10 heteroatoms. The minimum Gasteiger partial charge on any atom is -0.481 e. The molecule has 1 aliphatic heterocycles. The summed E-state index contributed by atoms with van der Waals surface area (Å²) in [5.74, 6) is 1.34. The second-order valence-corrected chi connectivity index (χ2v) is 10.1. The van der Waals surface area contributed by atoms with E-state index in [0.717, 1.165) is 48.1 Å². The molecule has 1 aromatic carbocycles. The van der Waals surface area contributed by atoms with E-state index in [1.54, 1.807) is 18.2 Å². The summed E-state index contributed by atoms with van der Waals surface area (Å²) in [6.07, 6.45) is 10.8. The van der Waals surface area contributed by atoms with E-state index in [9.17, 15) is 4.57 Å². The first-order valence-corrected chi connectivity index (χ1v) is 12.5. The van der Waals surface area contributed by atoms with Gasteiger partial charge in [-0.25, -0.2) is 9.97 Å². The molecule has 4 N–H and O–H groups in total. The standard InChI is InChI=1S/C22H26N5O4P/c23-21-20-19(16-3-1-4-18(11-16)31-14-32(28,29)30)12-27(22(20)25-13-24-21)17-9-15(10-17)5-8-26-6-2-7-26/h1,3-5,8,11-13,15,17H,2,6-7,9-10,14H2,(H2,23,24,25)(H2,28,29,30)/b8-5+/t15-,17+. The summed E-state index contributed by atoms with van der Waals surface area (Å²) < 4.78 is 18.6. The van der Waals surface area contributed by atoms with Crippen LogP contribution in [0.1, 0.15) is 25.3 Å². The van der Waals surface area contributed by atoms with Gasteiger partial charge in [0, 0.05) is 30.9 Å². The van der Waals surface area contributed by atoms with Crippen molar-refractivity contribution in [2.75, 3.05) is 25.2 Å². The van der Waals surface area contributed by atoms with E-state index in [-0.39, 0.29) is 0 Å². The Kier molecular flexibility index (Phi) is 5.41. The lowest BCUT2D eigenvalue weighted by molar-refractivity contribution is 0.232. The molecule has 1 aliphatic carbocycles. The maximum Gasteiger partial charge on any atom is 0.362 e. The highest BCUT2D eigenvalue weighted by molar-refractivity contribution is 7.51. The number of nitrogen functional groups attached to an aromatic ring is 1. The van der Waals surface area contributed by atoms with Crippen molar-refractivity contribution in [2.24, 2.45) is 5.92 Å². The maximum absolute atomic E-state index is 11.2. The fraction of sp³-hybridized carbons (Fsp3) is 0.364. The van der Waals surface area contributed by atoms with E-state index in [0.29, 0.717) is 23.5 Å². The number of anilines is 1. The fourth-order valence-corrected chi connectivity index (χ4v) is 4.58. The van der Waals surface area contributed by atoms with Crippen molar-refractivity contribution in [3.63, 3.8) is 0 Å². The third-order valence-corrected chi connectivity index (χ3v) is 6.65. The molecule has 0 bridgehead atoms. The van der Waals surface area contributed by atoms with Crippen LogP contribution in [0.15, 0.2) is 49.1 Å². The van der Waals surface area contributed by atoms with Crippen LogP contribution in [0.3, 0.4) is 0 Å². The Bertz CT molecular complexity index is 1210. The molecule has 0 radical (unpaired) electrons. The van der Waals surface area contributed by atoms with Gasteiger partial charge in [0.25, 0.3) is 0 Å². The van der Waals surface area contributed by atoms with Crippen molar-refractivity contribution in [1.29, 1.82) is 0 Å². The van der Waals surface area contributed by atoms with Crippen molar-refractivity contribution < 1.29 is 19.1 Å². The summed E-state index contributed by atoms with van der Waals surface area (Å²) in [4.78, 5) is 29.2. The van der Waals surface area contributed by atoms with E-state index < -0.39 is 13.9 Å². The molecule has 9 nitrogen and oxygen atoms in total. The van der Waals surface area contributed by atoms with Crippen LogP contribution in [0.5, 0.6) is 5.75 Å². The number of nitrogens with two attached hydrogens (primary N) is 1. The lowest BCUT2D eigenvalue weighted by Gasteiger charge is -2.36. The lowest BCUT2D eigenvalue weighted by Crippen LogP contribution is -2.32. The number of hydrogen-bond donors (Lipinski definition) is 3. The maximum atomic E-state index is 11.2. The highest BCUT2D eigenvalue weighted by Crippen LogP contribution is 2.44. The van der Waals surface area contributed by atoms with Crippen molar-refractivity contribution in [2.45, 2.75) is 25.3 Å². The molecule has 0 amide bonds. The first-order chi connectivity index (χ1) is 15.4. The van der Waals surface area contributed by atoms with Crippen LogP contribution >= 0.6 is 7.60 Å². The minimum absolute atomic E-state index is 0.334. The Morgan fingerprint density at radius 1 is 1.25 bits per heavy atom. The van der Waals surface area contributed by atoms with E-state index in [1.807, 2.05) is 6.07 Å². The fourth-order valence-electron chi connectivity index (χ4n) is 4.26. The number of likely N-dealkylation sites (tertiary alicyclic amines) is 1. The molecule has 2 aliphatic rings. The van der Waals surface area contributed by atoms with Gasteiger partial charge in [-0.3, -0.25) is 4.57 Å². The van der Waals surface area contributed by atoms with Gasteiger partial charge in [-0.05, 0) is 49.1 Å². The Labute approximate surface area is 185 Å². The SMILES string of the molecule is Nc1ncnc2c1c(-c1cccc(OCP(=O)(O)O)c1)cn2[C@H]1C[C@@H](/C=C/N2CCC2)C1. The molecule has 5 rings (SSSR count). The average molecular weight is 455 g/mol. The van der Waals surface area contributed by atoms with E-state index in [1.165, 1.54) is 12.7 Å². The zero-order chi connectivity index (χ0) is 22.3. The predicted octanol–water partition coefficient (Wildman–Crippen LogP) is 3.37. The van der Waals surface area contributed by atoms with Gasteiger partial charge in [0.15, 0.2) is 6.35 Å². The van der Waals surface area contributed by atoms with Crippen LogP contribution in [0.4, 0.5) is 5.82 Å². The molecule has 1 saturated carbocycles. The summed E-state index contributed by atoms with van der Waals surface area (Å²) in [5.41, 5.74) is 8.73. The molecule has 0 unspecified atom stereocenters.